The average molecular weight is 300 g/mol. The summed E-state index contributed by atoms with van der Waals surface area (Å²) < 4.78 is 28.7. The maximum atomic E-state index is 12.3. The van der Waals surface area contributed by atoms with Crippen LogP contribution >= 0.6 is 0 Å². The second-order valence-electron chi connectivity index (χ2n) is 5.11. The number of rotatable bonds is 5. The normalized spacial score (nSPS) is 17.2. The number of hydrogen-bond donors (Lipinski definition) is 2. The number of aryl methyl sites for hydroxylation is 1. The lowest BCUT2D eigenvalue weighted by atomic mass is 9.96. The Hall–Kier alpha value is -1.34. The van der Waals surface area contributed by atoms with Crippen LogP contribution in [0.15, 0.2) is 17.2 Å². The van der Waals surface area contributed by atoms with Gasteiger partial charge in [0.05, 0.1) is 0 Å². The van der Waals surface area contributed by atoms with E-state index in [0.717, 1.165) is 32.1 Å². The summed E-state index contributed by atoms with van der Waals surface area (Å²) in [7, 11) is -3.64. The van der Waals surface area contributed by atoms with Gasteiger partial charge in [0, 0.05) is 18.8 Å². The van der Waals surface area contributed by atoms with Crippen LogP contribution in [0.4, 0.5) is 0 Å². The maximum Gasteiger partial charge on any atom is 0.352 e. The van der Waals surface area contributed by atoms with Gasteiger partial charge in [0.15, 0.2) is 0 Å². The molecule has 7 heteroatoms. The number of aromatic nitrogens is 1. The molecule has 1 aliphatic rings. The number of nitrogens with one attached hydrogen (secondary N) is 1. The minimum absolute atomic E-state index is 0.00322. The minimum atomic E-state index is -3.64. The topological polar surface area (TPSA) is 88.4 Å². The molecule has 0 bridgehead atoms. The molecular weight excluding hydrogens is 280 g/mol. The molecule has 0 saturated heterocycles. The lowest BCUT2D eigenvalue weighted by Gasteiger charge is -2.22. The fourth-order valence-corrected chi connectivity index (χ4v) is 3.92. The number of aromatic carboxylic acids is 1. The molecule has 0 radical (unpaired) electrons. The van der Waals surface area contributed by atoms with E-state index in [2.05, 4.69) is 4.72 Å². The number of carboxylic acid groups (broad SMARTS) is 1. The number of carboxylic acids is 1. The van der Waals surface area contributed by atoms with E-state index in [4.69, 9.17) is 5.11 Å². The minimum Gasteiger partial charge on any atom is -0.477 e. The SMILES string of the molecule is CCn1cc(S(=O)(=O)NC2CCCCC2)cc1C(=O)O. The van der Waals surface area contributed by atoms with Gasteiger partial charge in [-0.15, -0.1) is 0 Å². The Morgan fingerprint density at radius 2 is 2.05 bits per heavy atom. The molecule has 1 aromatic rings. The fraction of sp³-hybridized carbons (Fsp3) is 0.615. The second kappa shape index (κ2) is 5.97. The molecule has 112 valence electrons. The van der Waals surface area contributed by atoms with Crippen molar-refractivity contribution in [3.63, 3.8) is 0 Å². The summed E-state index contributed by atoms with van der Waals surface area (Å²) in [6, 6.07) is 1.18. The van der Waals surface area contributed by atoms with Crippen molar-refractivity contribution in [2.75, 3.05) is 0 Å². The number of carbonyl (C=O) groups is 1. The Balaban J connectivity index is 2.22. The van der Waals surface area contributed by atoms with E-state index in [1.54, 1.807) is 6.92 Å². The summed E-state index contributed by atoms with van der Waals surface area (Å²) in [5.41, 5.74) is -0.00322. The molecule has 1 saturated carbocycles. The van der Waals surface area contributed by atoms with Gasteiger partial charge < -0.3 is 9.67 Å². The second-order valence-corrected chi connectivity index (χ2v) is 6.82. The van der Waals surface area contributed by atoms with Crippen LogP contribution in [0.5, 0.6) is 0 Å². The van der Waals surface area contributed by atoms with E-state index >= 15 is 0 Å². The molecule has 1 aromatic heterocycles. The van der Waals surface area contributed by atoms with Crippen molar-refractivity contribution in [2.45, 2.75) is 56.5 Å². The van der Waals surface area contributed by atoms with Crippen molar-refractivity contribution < 1.29 is 18.3 Å². The molecular formula is C13H20N2O4S. The highest BCUT2D eigenvalue weighted by atomic mass is 32.2. The Labute approximate surface area is 118 Å². The van der Waals surface area contributed by atoms with Crippen molar-refractivity contribution in [3.8, 4) is 0 Å². The summed E-state index contributed by atoms with van der Waals surface area (Å²) in [6.45, 7) is 2.19. The molecule has 1 aliphatic carbocycles. The predicted molar refractivity (Wildman–Crippen MR) is 74.3 cm³/mol. The van der Waals surface area contributed by atoms with Gasteiger partial charge in [-0.1, -0.05) is 19.3 Å². The Kier molecular flexibility index (Phi) is 4.49. The van der Waals surface area contributed by atoms with E-state index in [1.807, 2.05) is 0 Å². The van der Waals surface area contributed by atoms with Gasteiger partial charge in [0.25, 0.3) is 0 Å². The lowest BCUT2D eigenvalue weighted by molar-refractivity contribution is 0.0685. The van der Waals surface area contributed by atoms with Gasteiger partial charge >= 0.3 is 5.97 Å². The predicted octanol–water partition coefficient (Wildman–Crippen LogP) is 1.82. The quantitative estimate of drug-likeness (QED) is 0.868. The van der Waals surface area contributed by atoms with E-state index < -0.39 is 16.0 Å². The van der Waals surface area contributed by atoms with Gasteiger partial charge in [0.1, 0.15) is 10.6 Å². The monoisotopic (exact) mass is 300 g/mol. The van der Waals surface area contributed by atoms with E-state index in [1.165, 1.54) is 16.8 Å². The van der Waals surface area contributed by atoms with Gasteiger partial charge in [0.2, 0.25) is 10.0 Å². The molecule has 2 N–H and O–H groups in total. The zero-order chi connectivity index (χ0) is 14.8. The molecule has 0 aliphatic heterocycles. The Morgan fingerprint density at radius 1 is 1.40 bits per heavy atom. The molecule has 20 heavy (non-hydrogen) atoms. The van der Waals surface area contributed by atoms with Crippen LogP contribution in [-0.4, -0.2) is 30.1 Å². The van der Waals surface area contributed by atoms with E-state index in [-0.39, 0.29) is 16.6 Å². The number of nitrogens with zero attached hydrogens (tertiary/aromatic N) is 1. The first-order chi connectivity index (χ1) is 9.44. The summed E-state index contributed by atoms with van der Waals surface area (Å²) in [5.74, 6) is -1.12. The third-order valence-electron chi connectivity index (χ3n) is 3.67. The first-order valence-electron chi connectivity index (χ1n) is 6.90. The Morgan fingerprint density at radius 3 is 2.55 bits per heavy atom. The molecule has 6 nitrogen and oxygen atoms in total. The van der Waals surface area contributed by atoms with Crippen molar-refractivity contribution in [1.82, 2.24) is 9.29 Å². The van der Waals surface area contributed by atoms with E-state index in [0.29, 0.717) is 6.54 Å². The van der Waals surface area contributed by atoms with Crippen LogP contribution in [0, 0.1) is 0 Å². The summed E-state index contributed by atoms with van der Waals surface area (Å²) in [5, 5.41) is 9.06. The largest absolute Gasteiger partial charge is 0.477 e. The van der Waals surface area contributed by atoms with Crippen LogP contribution in [0.1, 0.15) is 49.5 Å². The van der Waals surface area contributed by atoms with E-state index in [9.17, 15) is 13.2 Å². The summed E-state index contributed by atoms with van der Waals surface area (Å²) in [4.78, 5) is 11.1. The number of hydrogen-bond acceptors (Lipinski definition) is 3. The molecule has 0 spiro atoms. The maximum absolute atomic E-state index is 12.3. The molecule has 0 unspecified atom stereocenters. The number of sulfonamides is 1. The first-order valence-corrected chi connectivity index (χ1v) is 8.38. The molecule has 0 aromatic carbocycles. The summed E-state index contributed by atoms with van der Waals surface area (Å²) >= 11 is 0. The van der Waals surface area contributed by atoms with Crippen LogP contribution in [-0.2, 0) is 16.6 Å². The van der Waals surface area contributed by atoms with Crippen molar-refractivity contribution in [3.05, 3.63) is 18.0 Å². The van der Waals surface area contributed by atoms with Gasteiger partial charge in [-0.3, -0.25) is 0 Å². The van der Waals surface area contributed by atoms with Crippen LogP contribution in [0.2, 0.25) is 0 Å². The zero-order valence-electron chi connectivity index (χ0n) is 11.5. The standard InChI is InChI=1S/C13H20N2O4S/c1-2-15-9-11(8-12(15)13(16)17)20(18,19)14-10-6-4-3-5-7-10/h8-10,14H,2-7H2,1H3,(H,16,17). The first kappa shape index (κ1) is 15.1. The highest BCUT2D eigenvalue weighted by molar-refractivity contribution is 7.89. The van der Waals surface area contributed by atoms with Crippen LogP contribution in [0.25, 0.3) is 0 Å². The van der Waals surface area contributed by atoms with Crippen molar-refractivity contribution in [1.29, 1.82) is 0 Å². The average Bonchev–Trinajstić information content (AvgIpc) is 2.84. The highest BCUT2D eigenvalue weighted by Gasteiger charge is 2.24. The summed E-state index contributed by atoms with van der Waals surface area (Å²) in [6.07, 6.45) is 6.29. The third kappa shape index (κ3) is 3.21. The lowest BCUT2D eigenvalue weighted by Crippen LogP contribution is -2.36. The molecule has 1 fully saturated rings. The van der Waals surface area contributed by atoms with Crippen molar-refractivity contribution >= 4 is 16.0 Å². The molecule has 0 amide bonds. The fourth-order valence-electron chi connectivity index (χ4n) is 2.58. The third-order valence-corrected chi connectivity index (χ3v) is 5.16. The highest BCUT2D eigenvalue weighted by Crippen LogP contribution is 2.21. The van der Waals surface area contributed by atoms with Gasteiger partial charge in [-0.25, -0.2) is 17.9 Å². The van der Waals surface area contributed by atoms with Gasteiger partial charge in [-0.05, 0) is 25.8 Å². The Bertz CT molecular complexity index is 586. The molecule has 0 atom stereocenters. The van der Waals surface area contributed by atoms with Crippen LogP contribution < -0.4 is 4.72 Å². The molecule has 2 rings (SSSR count). The zero-order valence-corrected chi connectivity index (χ0v) is 12.3. The van der Waals surface area contributed by atoms with Crippen LogP contribution in [0.3, 0.4) is 0 Å². The smallest absolute Gasteiger partial charge is 0.352 e. The van der Waals surface area contributed by atoms with Gasteiger partial charge in [-0.2, -0.15) is 0 Å². The molecule has 1 heterocycles. The van der Waals surface area contributed by atoms with Crippen molar-refractivity contribution in [2.24, 2.45) is 0 Å².